The number of carbonyl (C=O) groups excluding carboxylic acids is 2. The summed E-state index contributed by atoms with van der Waals surface area (Å²) >= 11 is 0. The van der Waals surface area contributed by atoms with Crippen LogP contribution in [0.15, 0.2) is 18.2 Å². The van der Waals surface area contributed by atoms with Crippen LogP contribution in [0, 0.1) is 17.3 Å². The first-order valence-electron chi connectivity index (χ1n) is 8.88. The molecular weight excluding hydrogens is 351 g/mol. The lowest BCUT2D eigenvalue weighted by atomic mass is 9.95. The van der Waals surface area contributed by atoms with Gasteiger partial charge in [-0.25, -0.2) is 9.18 Å². The summed E-state index contributed by atoms with van der Waals surface area (Å²) in [5.74, 6) is -0.576. The van der Waals surface area contributed by atoms with Crippen LogP contribution in [-0.4, -0.2) is 48.7 Å². The zero-order valence-corrected chi connectivity index (χ0v) is 14.9. The Bertz CT molecular complexity index is 892. The smallest absolute Gasteiger partial charge is 0.415 e. The molecule has 1 fully saturated rings. The number of fused-ring (bicyclic) bond motifs is 3. The van der Waals surface area contributed by atoms with E-state index in [2.05, 4.69) is 11.5 Å². The minimum Gasteiger partial charge on any atom is -0.442 e. The molecule has 27 heavy (non-hydrogen) atoms. The van der Waals surface area contributed by atoms with Gasteiger partial charge in [0.2, 0.25) is 5.91 Å². The molecule has 1 saturated heterocycles. The second-order valence-electron chi connectivity index (χ2n) is 6.99. The molecule has 1 aromatic carbocycles. The number of ether oxygens (including phenoxy) is 1. The van der Waals surface area contributed by atoms with E-state index in [4.69, 9.17) is 10.00 Å². The molecule has 0 spiro atoms. The maximum atomic E-state index is 14.8. The van der Waals surface area contributed by atoms with Gasteiger partial charge in [0.05, 0.1) is 18.3 Å². The van der Waals surface area contributed by atoms with Crippen LogP contribution < -0.4 is 10.2 Å². The van der Waals surface area contributed by atoms with Gasteiger partial charge in [-0.05, 0) is 36.1 Å². The van der Waals surface area contributed by atoms with E-state index in [-0.39, 0.29) is 24.3 Å². The molecule has 7 nitrogen and oxygen atoms in total. The molecule has 3 aliphatic rings. The molecule has 3 heterocycles. The molecule has 1 aromatic rings. The second-order valence-corrected chi connectivity index (χ2v) is 6.99. The standard InChI is InChI=1S/C19H19FN4O3/c1-11(25)22-9-18-17-7-13-6-14(12-2-4-23(10-21)5-3-12)15(20)8-16(13)24(17)19(26)27-18/h2,6,8,17-18H,3-5,7,9H2,1H3,(H,22,25)/t17-,18-/m0/s1. The number of amides is 2. The van der Waals surface area contributed by atoms with E-state index in [1.165, 1.54) is 17.9 Å². The molecule has 0 saturated carbocycles. The predicted octanol–water partition coefficient (Wildman–Crippen LogP) is 1.78. The van der Waals surface area contributed by atoms with E-state index in [0.29, 0.717) is 37.2 Å². The number of nitriles is 1. The molecule has 0 aliphatic carbocycles. The number of carbonyl (C=O) groups is 2. The van der Waals surface area contributed by atoms with Gasteiger partial charge in [-0.2, -0.15) is 5.26 Å². The van der Waals surface area contributed by atoms with Crippen LogP contribution in [0.1, 0.15) is 24.5 Å². The van der Waals surface area contributed by atoms with E-state index in [1.807, 2.05) is 6.08 Å². The summed E-state index contributed by atoms with van der Waals surface area (Å²) in [6.07, 6.45) is 4.15. The maximum Gasteiger partial charge on any atom is 0.415 e. The molecular formula is C19H19FN4O3. The lowest BCUT2D eigenvalue weighted by molar-refractivity contribution is -0.119. The summed E-state index contributed by atoms with van der Waals surface area (Å²) in [4.78, 5) is 26.5. The highest BCUT2D eigenvalue weighted by Crippen LogP contribution is 2.41. The summed E-state index contributed by atoms with van der Waals surface area (Å²) in [6, 6.07) is 2.95. The molecule has 0 unspecified atom stereocenters. The molecule has 3 aliphatic heterocycles. The van der Waals surface area contributed by atoms with Gasteiger partial charge >= 0.3 is 6.09 Å². The Labute approximate surface area is 156 Å². The molecule has 4 rings (SSSR count). The Morgan fingerprint density at radius 1 is 1.48 bits per heavy atom. The number of nitrogens with zero attached hydrogens (tertiary/aromatic N) is 3. The third-order valence-corrected chi connectivity index (χ3v) is 5.32. The van der Waals surface area contributed by atoms with Crippen LogP contribution in [0.25, 0.3) is 5.57 Å². The van der Waals surface area contributed by atoms with Crippen molar-refractivity contribution < 1.29 is 18.7 Å². The van der Waals surface area contributed by atoms with Gasteiger partial charge in [-0.15, -0.1) is 0 Å². The highest BCUT2D eigenvalue weighted by Gasteiger charge is 2.47. The third-order valence-electron chi connectivity index (χ3n) is 5.32. The Morgan fingerprint density at radius 2 is 2.30 bits per heavy atom. The van der Waals surface area contributed by atoms with Gasteiger partial charge in [0.15, 0.2) is 6.19 Å². The monoisotopic (exact) mass is 370 g/mol. The van der Waals surface area contributed by atoms with E-state index in [9.17, 15) is 14.0 Å². The van der Waals surface area contributed by atoms with E-state index < -0.39 is 12.2 Å². The number of halogens is 1. The van der Waals surface area contributed by atoms with Gasteiger partial charge in [-0.1, -0.05) is 6.08 Å². The first-order chi connectivity index (χ1) is 13.0. The van der Waals surface area contributed by atoms with Crippen molar-refractivity contribution in [2.75, 3.05) is 24.5 Å². The van der Waals surface area contributed by atoms with Crippen LogP contribution in [0.3, 0.4) is 0 Å². The quantitative estimate of drug-likeness (QED) is 0.820. The van der Waals surface area contributed by atoms with Crippen LogP contribution >= 0.6 is 0 Å². The van der Waals surface area contributed by atoms with Gasteiger partial charge in [0.25, 0.3) is 0 Å². The Hall–Kier alpha value is -3.08. The Balaban J connectivity index is 1.60. The van der Waals surface area contributed by atoms with E-state index in [1.54, 1.807) is 11.0 Å². The van der Waals surface area contributed by atoms with Gasteiger partial charge in [0.1, 0.15) is 11.9 Å². The minimum absolute atomic E-state index is 0.191. The lowest BCUT2D eigenvalue weighted by Crippen LogP contribution is -2.40. The minimum atomic E-state index is -0.511. The number of cyclic esters (lactones) is 1. The molecule has 140 valence electrons. The van der Waals surface area contributed by atoms with Crippen molar-refractivity contribution in [3.05, 3.63) is 35.2 Å². The zero-order valence-electron chi connectivity index (χ0n) is 14.9. The second kappa shape index (κ2) is 6.58. The normalized spacial score (nSPS) is 23.3. The molecule has 0 bridgehead atoms. The Morgan fingerprint density at radius 3 is 2.96 bits per heavy atom. The summed E-state index contributed by atoms with van der Waals surface area (Å²) in [6.45, 7) is 2.69. The SMILES string of the molecule is CC(=O)NC[C@@H]1OC(=O)N2c3cc(F)c(C4=CCN(C#N)CC4)cc3C[C@@H]12. The third kappa shape index (κ3) is 2.99. The van der Waals surface area contributed by atoms with Crippen molar-refractivity contribution in [2.45, 2.75) is 31.9 Å². The lowest BCUT2D eigenvalue weighted by Gasteiger charge is -2.22. The summed E-state index contributed by atoms with van der Waals surface area (Å²) < 4.78 is 20.1. The van der Waals surface area contributed by atoms with Crippen LogP contribution in [0.5, 0.6) is 0 Å². The van der Waals surface area contributed by atoms with Crippen LogP contribution in [0.4, 0.5) is 14.9 Å². The van der Waals surface area contributed by atoms with Gasteiger partial charge < -0.3 is 15.0 Å². The fourth-order valence-corrected chi connectivity index (χ4v) is 3.96. The number of benzene rings is 1. The number of anilines is 1. The predicted molar refractivity (Wildman–Crippen MR) is 95.1 cm³/mol. The van der Waals surface area contributed by atoms with Crippen molar-refractivity contribution in [1.29, 1.82) is 5.26 Å². The van der Waals surface area contributed by atoms with Crippen molar-refractivity contribution in [3.63, 3.8) is 0 Å². The molecule has 8 heteroatoms. The van der Waals surface area contributed by atoms with Crippen LogP contribution in [0.2, 0.25) is 0 Å². The largest absolute Gasteiger partial charge is 0.442 e. The summed E-state index contributed by atoms with van der Waals surface area (Å²) in [5.41, 5.74) is 2.83. The average molecular weight is 370 g/mol. The van der Waals surface area contributed by atoms with E-state index in [0.717, 1.165) is 11.1 Å². The number of rotatable bonds is 3. The number of nitrogens with one attached hydrogen (secondary N) is 1. The Kier molecular flexibility index (Phi) is 4.22. The molecule has 1 N–H and O–H groups in total. The highest BCUT2D eigenvalue weighted by molar-refractivity contribution is 5.94. The topological polar surface area (TPSA) is 85.7 Å². The number of hydrogen-bond donors (Lipinski definition) is 1. The summed E-state index contributed by atoms with van der Waals surface area (Å²) in [7, 11) is 0. The van der Waals surface area contributed by atoms with E-state index >= 15 is 0 Å². The average Bonchev–Trinajstić information content (AvgIpc) is 3.16. The van der Waals surface area contributed by atoms with Crippen LogP contribution in [-0.2, 0) is 16.0 Å². The summed E-state index contributed by atoms with van der Waals surface area (Å²) in [5, 5.41) is 11.6. The molecule has 0 radical (unpaired) electrons. The highest BCUT2D eigenvalue weighted by atomic mass is 19.1. The first kappa shape index (κ1) is 17.3. The van der Waals surface area contributed by atoms with Crippen molar-refractivity contribution in [2.24, 2.45) is 0 Å². The first-order valence-corrected chi connectivity index (χ1v) is 8.88. The van der Waals surface area contributed by atoms with Crippen molar-refractivity contribution in [1.82, 2.24) is 10.2 Å². The molecule has 0 aromatic heterocycles. The van der Waals surface area contributed by atoms with Crippen molar-refractivity contribution in [3.8, 4) is 6.19 Å². The van der Waals surface area contributed by atoms with Gasteiger partial charge in [-0.3, -0.25) is 9.69 Å². The maximum absolute atomic E-state index is 14.8. The van der Waals surface area contributed by atoms with Crippen molar-refractivity contribution >= 4 is 23.3 Å². The molecule has 2 amide bonds. The molecule has 2 atom stereocenters. The number of hydrogen-bond acceptors (Lipinski definition) is 5. The fourth-order valence-electron chi connectivity index (χ4n) is 3.96. The fraction of sp³-hybridized carbons (Fsp3) is 0.421. The zero-order chi connectivity index (χ0) is 19.1. The van der Waals surface area contributed by atoms with Gasteiger partial charge in [0, 0.05) is 25.6 Å².